The van der Waals surface area contributed by atoms with Crippen LogP contribution in [0.2, 0.25) is 0 Å². The smallest absolute Gasteiger partial charge is 0.338 e. The highest BCUT2D eigenvalue weighted by Crippen LogP contribution is 2.51. The Bertz CT molecular complexity index is 829. The molecule has 0 radical (unpaired) electrons. The van der Waals surface area contributed by atoms with Crippen LogP contribution in [0.25, 0.3) is 0 Å². The predicted octanol–water partition coefficient (Wildman–Crippen LogP) is 3.11. The number of ether oxygens (including phenoxy) is 5. The fourth-order valence-electron chi connectivity index (χ4n) is 3.17. The van der Waals surface area contributed by atoms with Crippen molar-refractivity contribution >= 4 is 27.9 Å². The summed E-state index contributed by atoms with van der Waals surface area (Å²) in [6, 6.07) is 16.4. The van der Waals surface area contributed by atoms with Crippen molar-refractivity contribution in [2.45, 2.75) is 22.8 Å². The van der Waals surface area contributed by atoms with Gasteiger partial charge in [-0.15, -0.1) is 0 Å². The van der Waals surface area contributed by atoms with Crippen LogP contribution in [0, 0.1) is 0 Å². The maximum Gasteiger partial charge on any atom is 0.338 e. The summed E-state index contributed by atoms with van der Waals surface area (Å²) in [5.74, 6) is -2.32. The quantitative estimate of drug-likeness (QED) is 0.479. The first kappa shape index (κ1) is 21.3. The second-order valence-electron chi connectivity index (χ2n) is 6.29. The van der Waals surface area contributed by atoms with E-state index in [2.05, 4.69) is 15.9 Å². The molecule has 3 atom stereocenters. The van der Waals surface area contributed by atoms with Crippen LogP contribution < -0.4 is 4.74 Å². The van der Waals surface area contributed by atoms with E-state index in [1.54, 1.807) is 31.4 Å². The van der Waals surface area contributed by atoms with Gasteiger partial charge in [-0.05, 0) is 29.8 Å². The predicted molar refractivity (Wildman–Crippen MR) is 107 cm³/mol. The average molecular weight is 465 g/mol. The van der Waals surface area contributed by atoms with Gasteiger partial charge >= 0.3 is 11.9 Å². The molecule has 1 aliphatic rings. The number of hydrogen-bond acceptors (Lipinski definition) is 7. The van der Waals surface area contributed by atoms with E-state index in [4.69, 9.17) is 23.7 Å². The molecule has 2 aromatic rings. The first-order valence-corrected chi connectivity index (χ1v) is 9.73. The molecule has 1 saturated heterocycles. The van der Waals surface area contributed by atoms with Gasteiger partial charge in [0.2, 0.25) is 5.79 Å². The van der Waals surface area contributed by atoms with Crippen molar-refractivity contribution in [3.05, 3.63) is 65.7 Å². The van der Waals surface area contributed by atoms with Gasteiger partial charge in [0.25, 0.3) is 0 Å². The first-order chi connectivity index (χ1) is 14.0. The normalized spacial score (nSPS) is 21.2. The number of benzene rings is 2. The molecule has 0 spiro atoms. The number of methoxy groups -OCH3 is 3. The first-order valence-electron chi connectivity index (χ1n) is 8.81. The van der Waals surface area contributed by atoms with Crippen molar-refractivity contribution in [2.75, 3.05) is 21.3 Å². The Morgan fingerprint density at radius 3 is 1.86 bits per heavy atom. The highest BCUT2D eigenvalue weighted by molar-refractivity contribution is 9.09. The summed E-state index contributed by atoms with van der Waals surface area (Å²) in [6.45, 7) is 0. The molecule has 0 bridgehead atoms. The summed E-state index contributed by atoms with van der Waals surface area (Å²) < 4.78 is 27.1. The zero-order valence-corrected chi connectivity index (χ0v) is 17.7. The van der Waals surface area contributed by atoms with Gasteiger partial charge in [0.1, 0.15) is 5.75 Å². The number of esters is 2. The Hall–Kier alpha value is -2.42. The number of rotatable bonds is 6. The number of hydrogen-bond donors (Lipinski definition) is 0. The lowest BCUT2D eigenvalue weighted by Gasteiger charge is -2.33. The minimum Gasteiger partial charge on any atom is -0.497 e. The van der Waals surface area contributed by atoms with E-state index in [0.29, 0.717) is 11.3 Å². The zero-order chi connectivity index (χ0) is 21.0. The third-order valence-corrected chi connectivity index (χ3v) is 5.80. The van der Waals surface area contributed by atoms with Crippen LogP contribution in [-0.4, -0.2) is 45.5 Å². The minimum absolute atomic E-state index is 0.550. The van der Waals surface area contributed by atoms with Crippen LogP contribution in [0.5, 0.6) is 5.75 Å². The molecule has 7 nitrogen and oxygen atoms in total. The zero-order valence-electron chi connectivity index (χ0n) is 16.2. The van der Waals surface area contributed by atoms with Crippen LogP contribution >= 0.6 is 15.9 Å². The fraction of sp³-hybridized carbons (Fsp3) is 0.333. The molecule has 0 unspecified atom stereocenters. The summed E-state index contributed by atoms with van der Waals surface area (Å²) in [5.41, 5.74) is 1.42. The molecule has 29 heavy (non-hydrogen) atoms. The van der Waals surface area contributed by atoms with Crippen molar-refractivity contribution in [3.8, 4) is 5.75 Å². The standard InChI is InChI=1S/C21H21BrO7/c1-25-15-11-9-14(10-12-15)21(18(22)13-7-5-4-6-8-13)28-16(19(23)26-2)17(29-21)20(24)27-3/h4-12,16-18H,1-3H3/t16-,17-,18+/m1/s1. The van der Waals surface area contributed by atoms with Gasteiger partial charge in [0.15, 0.2) is 12.2 Å². The third kappa shape index (κ3) is 4.01. The molecule has 1 heterocycles. The van der Waals surface area contributed by atoms with Gasteiger partial charge in [0.05, 0.1) is 26.2 Å². The van der Waals surface area contributed by atoms with Gasteiger partial charge in [-0.2, -0.15) is 0 Å². The van der Waals surface area contributed by atoms with Crippen molar-refractivity contribution in [1.82, 2.24) is 0 Å². The van der Waals surface area contributed by atoms with Gasteiger partial charge in [-0.3, -0.25) is 0 Å². The molecule has 154 valence electrons. The second kappa shape index (κ2) is 8.94. The van der Waals surface area contributed by atoms with E-state index < -0.39 is 34.8 Å². The van der Waals surface area contributed by atoms with Gasteiger partial charge in [0, 0.05) is 5.56 Å². The van der Waals surface area contributed by atoms with Gasteiger partial charge in [-0.25, -0.2) is 9.59 Å². The highest BCUT2D eigenvalue weighted by atomic mass is 79.9. The Balaban J connectivity index is 2.12. The number of carbonyl (C=O) groups excluding carboxylic acids is 2. The van der Waals surface area contributed by atoms with Crippen molar-refractivity contribution in [1.29, 1.82) is 0 Å². The summed E-state index contributed by atoms with van der Waals surface area (Å²) in [4.78, 5) is 24.2. The van der Waals surface area contributed by atoms with Crippen molar-refractivity contribution in [3.63, 3.8) is 0 Å². The lowest BCUT2D eigenvalue weighted by atomic mass is 9.97. The summed E-state index contributed by atoms with van der Waals surface area (Å²) in [7, 11) is 4.00. The topological polar surface area (TPSA) is 80.3 Å². The highest BCUT2D eigenvalue weighted by Gasteiger charge is 2.59. The molecule has 2 aromatic carbocycles. The average Bonchev–Trinajstić information content (AvgIpc) is 3.20. The lowest BCUT2D eigenvalue weighted by Crippen LogP contribution is -2.38. The van der Waals surface area contributed by atoms with Gasteiger partial charge in [-0.1, -0.05) is 46.3 Å². The van der Waals surface area contributed by atoms with Crippen LogP contribution in [-0.2, 0) is 34.3 Å². The number of halogens is 1. The fourth-order valence-corrected chi connectivity index (χ4v) is 3.96. The van der Waals surface area contributed by atoms with E-state index in [0.717, 1.165) is 5.56 Å². The Morgan fingerprint density at radius 2 is 1.41 bits per heavy atom. The Labute approximate surface area is 177 Å². The van der Waals surface area contributed by atoms with Crippen LogP contribution in [0.4, 0.5) is 0 Å². The number of carbonyl (C=O) groups is 2. The van der Waals surface area contributed by atoms with Crippen molar-refractivity contribution < 1.29 is 33.3 Å². The van der Waals surface area contributed by atoms with Gasteiger partial charge < -0.3 is 23.7 Å². The molecule has 1 aliphatic heterocycles. The van der Waals surface area contributed by atoms with E-state index in [-0.39, 0.29) is 0 Å². The molecule has 0 N–H and O–H groups in total. The molecular weight excluding hydrogens is 444 g/mol. The van der Waals surface area contributed by atoms with E-state index in [1.807, 2.05) is 30.3 Å². The SMILES string of the molecule is COC(=O)[C@@H]1OC(c2ccc(OC)cc2)([C@@H](Br)c2ccccc2)O[C@H]1C(=O)OC. The molecule has 0 saturated carbocycles. The monoisotopic (exact) mass is 464 g/mol. The van der Waals surface area contributed by atoms with Crippen LogP contribution in [0.15, 0.2) is 54.6 Å². The maximum atomic E-state index is 12.4. The van der Waals surface area contributed by atoms with E-state index >= 15 is 0 Å². The summed E-state index contributed by atoms with van der Waals surface area (Å²) in [5, 5.41) is 0. The van der Waals surface area contributed by atoms with E-state index in [9.17, 15) is 9.59 Å². The van der Waals surface area contributed by atoms with Crippen LogP contribution in [0.1, 0.15) is 16.0 Å². The van der Waals surface area contributed by atoms with E-state index in [1.165, 1.54) is 14.2 Å². The molecule has 0 aliphatic carbocycles. The molecular formula is C21H21BrO7. The molecule has 8 heteroatoms. The molecule has 0 aromatic heterocycles. The number of alkyl halides is 1. The molecule has 3 rings (SSSR count). The maximum absolute atomic E-state index is 12.4. The molecule has 1 fully saturated rings. The Kier molecular flexibility index (Phi) is 6.56. The second-order valence-corrected chi connectivity index (χ2v) is 7.21. The largest absolute Gasteiger partial charge is 0.497 e. The third-order valence-electron chi connectivity index (χ3n) is 4.66. The molecule has 0 amide bonds. The Morgan fingerprint density at radius 1 is 0.897 bits per heavy atom. The van der Waals surface area contributed by atoms with Crippen molar-refractivity contribution in [2.24, 2.45) is 0 Å². The minimum atomic E-state index is -1.49. The summed E-state index contributed by atoms with van der Waals surface area (Å²) in [6.07, 6.45) is -2.59. The summed E-state index contributed by atoms with van der Waals surface area (Å²) >= 11 is 3.65. The lowest BCUT2D eigenvalue weighted by molar-refractivity contribution is -0.195. The van der Waals surface area contributed by atoms with Crippen LogP contribution in [0.3, 0.4) is 0 Å².